The Hall–Kier alpha value is -3.95. The number of nitrogens with zero attached hydrogens (tertiary/aromatic N) is 3. The molecule has 2 aliphatic heterocycles. The second-order valence-corrected chi connectivity index (χ2v) is 9.64. The number of ether oxygens (including phenoxy) is 1. The summed E-state index contributed by atoms with van der Waals surface area (Å²) in [5, 5.41) is 5.19. The molecule has 3 atom stereocenters. The van der Waals surface area contributed by atoms with Crippen molar-refractivity contribution in [3.05, 3.63) is 58.9 Å². The minimum absolute atomic E-state index is 0.0232. The number of likely N-dealkylation sites (tertiary alicyclic amines) is 1. The van der Waals surface area contributed by atoms with Gasteiger partial charge >= 0.3 is 12.1 Å². The Balaban J connectivity index is 1.35. The molecule has 0 saturated carbocycles. The van der Waals surface area contributed by atoms with Crippen LogP contribution in [0.15, 0.2) is 36.5 Å². The molecule has 5 amide bonds. The highest BCUT2D eigenvalue weighted by molar-refractivity contribution is 6.06. The summed E-state index contributed by atoms with van der Waals surface area (Å²) in [6.07, 6.45) is 3.38. The highest BCUT2D eigenvalue weighted by Crippen LogP contribution is 2.46. The van der Waals surface area contributed by atoms with Crippen LogP contribution >= 0.6 is 0 Å². The average molecular weight is 492 g/mol. The lowest BCUT2D eigenvalue weighted by molar-refractivity contribution is -0.143. The molecular weight excluding hydrogens is 462 g/mol. The summed E-state index contributed by atoms with van der Waals surface area (Å²) in [7, 11) is 1.52. The van der Waals surface area contributed by atoms with E-state index >= 15 is 0 Å². The van der Waals surface area contributed by atoms with E-state index in [-0.39, 0.29) is 30.6 Å². The molecule has 10 nitrogen and oxygen atoms in total. The number of imide groups is 1. The summed E-state index contributed by atoms with van der Waals surface area (Å²) in [4.78, 5) is 58.6. The highest BCUT2D eigenvalue weighted by Gasteiger charge is 2.58. The maximum atomic E-state index is 13.6. The molecule has 1 aliphatic carbocycles. The van der Waals surface area contributed by atoms with Crippen molar-refractivity contribution >= 4 is 29.6 Å². The second-order valence-electron chi connectivity index (χ2n) is 9.64. The number of carbonyl (C=O) groups excluding carboxylic acids is 4. The Morgan fingerprint density at radius 1 is 1.19 bits per heavy atom. The lowest BCUT2D eigenvalue weighted by Crippen LogP contribution is -2.46. The van der Waals surface area contributed by atoms with Gasteiger partial charge in [0.2, 0.25) is 11.5 Å². The van der Waals surface area contributed by atoms with Gasteiger partial charge in [-0.2, -0.15) is 0 Å². The Labute approximate surface area is 209 Å². The van der Waals surface area contributed by atoms with Crippen molar-refractivity contribution in [2.75, 3.05) is 18.9 Å². The van der Waals surface area contributed by atoms with Gasteiger partial charge in [-0.25, -0.2) is 14.5 Å². The largest absolute Gasteiger partial charge is 0.427 e. The van der Waals surface area contributed by atoms with E-state index in [1.165, 1.54) is 7.05 Å². The number of fused-ring (bicyclic) bond motifs is 2. The van der Waals surface area contributed by atoms with E-state index in [0.717, 1.165) is 34.6 Å². The first-order chi connectivity index (χ1) is 17.2. The number of nitrogens with one attached hydrogen (secondary N) is 2. The molecule has 1 aromatic carbocycles. The van der Waals surface area contributed by atoms with Gasteiger partial charge in [0.1, 0.15) is 6.54 Å². The zero-order valence-corrected chi connectivity index (χ0v) is 20.5. The molecule has 1 spiro atoms. The van der Waals surface area contributed by atoms with Crippen molar-refractivity contribution in [2.45, 2.75) is 57.2 Å². The molecule has 10 heteroatoms. The van der Waals surface area contributed by atoms with Crippen LogP contribution in [0.25, 0.3) is 0 Å². The number of hydrogen-bond donors (Lipinski definition) is 2. The van der Waals surface area contributed by atoms with Gasteiger partial charge in [0.05, 0.1) is 6.04 Å². The molecule has 36 heavy (non-hydrogen) atoms. The fourth-order valence-corrected chi connectivity index (χ4v) is 5.55. The molecular formula is C26H29N5O5. The minimum atomic E-state index is -1.44. The van der Waals surface area contributed by atoms with E-state index < -0.39 is 17.6 Å². The number of hydrogen-bond acceptors (Lipinski definition) is 6. The van der Waals surface area contributed by atoms with Gasteiger partial charge in [0, 0.05) is 42.7 Å². The van der Waals surface area contributed by atoms with Gasteiger partial charge in [0.15, 0.2) is 0 Å². The smallest absolute Gasteiger partial charge is 0.418 e. The number of aryl methyl sites for hydroxylation is 2. The van der Waals surface area contributed by atoms with Crippen molar-refractivity contribution in [3.8, 4) is 0 Å². The highest BCUT2D eigenvalue weighted by atomic mass is 16.6. The molecule has 0 radical (unpaired) electrons. The van der Waals surface area contributed by atoms with Crippen LogP contribution in [0.4, 0.5) is 15.3 Å². The standard InChI is InChI=1S/C26H29N5O5/c1-15-4-6-18(13-28-15)21-9-5-16(2)31(21)22(32)14-30-23(33)26(36-25(30)35)11-10-17-12-19(7-8-20(17)26)29-24(34)27-3/h4,6-8,12-13,16,21H,5,9-11,14H2,1-3H3,(H2,27,29,34)/t16-,21-,26-/m1/s1. The fraction of sp³-hybridized carbons (Fsp3) is 0.423. The number of urea groups is 1. The predicted molar refractivity (Wildman–Crippen MR) is 130 cm³/mol. The maximum Gasteiger partial charge on any atom is 0.418 e. The van der Waals surface area contributed by atoms with E-state index in [0.29, 0.717) is 24.1 Å². The molecule has 0 bridgehead atoms. The van der Waals surface area contributed by atoms with Gasteiger partial charge in [-0.15, -0.1) is 0 Å². The van der Waals surface area contributed by atoms with Crippen LogP contribution < -0.4 is 10.6 Å². The van der Waals surface area contributed by atoms with Gasteiger partial charge in [-0.05, 0) is 62.4 Å². The fourth-order valence-electron chi connectivity index (χ4n) is 5.55. The predicted octanol–water partition coefficient (Wildman–Crippen LogP) is 3.01. The van der Waals surface area contributed by atoms with E-state index in [9.17, 15) is 19.2 Å². The first-order valence-electron chi connectivity index (χ1n) is 12.1. The number of rotatable bonds is 4. The lowest BCUT2D eigenvalue weighted by atomic mass is 9.94. The number of pyridine rings is 1. The summed E-state index contributed by atoms with van der Waals surface area (Å²) in [5.74, 6) is -0.816. The van der Waals surface area contributed by atoms with Crippen LogP contribution in [-0.4, -0.2) is 58.4 Å². The van der Waals surface area contributed by atoms with Crippen molar-refractivity contribution in [1.29, 1.82) is 0 Å². The van der Waals surface area contributed by atoms with E-state index in [4.69, 9.17) is 4.74 Å². The Morgan fingerprint density at radius 2 is 2.00 bits per heavy atom. The normalized spacial score (nSPS) is 24.8. The zero-order valence-electron chi connectivity index (χ0n) is 20.5. The first kappa shape index (κ1) is 23.8. The summed E-state index contributed by atoms with van der Waals surface area (Å²) < 4.78 is 5.68. The minimum Gasteiger partial charge on any atom is -0.427 e. The summed E-state index contributed by atoms with van der Waals surface area (Å²) in [5.41, 5.74) is 2.39. The lowest BCUT2D eigenvalue weighted by Gasteiger charge is -2.30. The van der Waals surface area contributed by atoms with Crippen molar-refractivity contribution in [2.24, 2.45) is 0 Å². The number of carbonyl (C=O) groups is 4. The number of benzene rings is 1. The van der Waals surface area contributed by atoms with E-state index in [1.54, 1.807) is 29.3 Å². The molecule has 5 rings (SSSR count). The van der Waals surface area contributed by atoms with Crippen LogP contribution in [0.5, 0.6) is 0 Å². The van der Waals surface area contributed by atoms with Crippen molar-refractivity contribution in [3.63, 3.8) is 0 Å². The Morgan fingerprint density at radius 3 is 2.72 bits per heavy atom. The Kier molecular flexibility index (Phi) is 5.89. The van der Waals surface area contributed by atoms with Crippen molar-refractivity contribution < 1.29 is 23.9 Å². The number of anilines is 1. The molecule has 2 fully saturated rings. The molecule has 2 aromatic rings. The van der Waals surface area contributed by atoms with Crippen LogP contribution in [0.1, 0.15) is 54.6 Å². The van der Waals surface area contributed by atoms with E-state index in [1.807, 2.05) is 26.0 Å². The van der Waals surface area contributed by atoms with Gasteiger partial charge in [0.25, 0.3) is 5.91 Å². The Bertz CT molecular complexity index is 1250. The third kappa shape index (κ3) is 3.86. The topological polar surface area (TPSA) is 121 Å². The quantitative estimate of drug-likeness (QED) is 0.678. The SMILES string of the molecule is CNC(=O)Nc1ccc2c(c1)CC[C@@]21OC(=O)N(CC(=O)N2[C@H](C)CC[C@@H]2c2ccc(C)nc2)C1=O. The molecule has 2 N–H and O–H groups in total. The molecule has 3 aliphatic rings. The van der Waals surface area contributed by atoms with Crippen LogP contribution in [0.2, 0.25) is 0 Å². The molecule has 1 aromatic heterocycles. The van der Waals surface area contributed by atoms with Crippen LogP contribution in [-0.2, 0) is 26.3 Å². The van der Waals surface area contributed by atoms with E-state index in [2.05, 4.69) is 15.6 Å². The summed E-state index contributed by atoms with van der Waals surface area (Å²) >= 11 is 0. The molecule has 188 valence electrons. The van der Waals surface area contributed by atoms with Gasteiger partial charge in [-0.1, -0.05) is 12.1 Å². The van der Waals surface area contributed by atoms with Crippen molar-refractivity contribution in [1.82, 2.24) is 20.1 Å². The molecule has 3 heterocycles. The van der Waals surface area contributed by atoms with Gasteiger partial charge in [-0.3, -0.25) is 14.6 Å². The summed E-state index contributed by atoms with van der Waals surface area (Å²) in [6.45, 7) is 3.51. The number of aromatic nitrogens is 1. The summed E-state index contributed by atoms with van der Waals surface area (Å²) in [6, 6.07) is 8.51. The third-order valence-corrected chi connectivity index (χ3v) is 7.41. The first-order valence-corrected chi connectivity index (χ1v) is 12.1. The average Bonchev–Trinajstić information content (AvgIpc) is 3.49. The maximum absolute atomic E-state index is 13.6. The van der Waals surface area contributed by atoms with Crippen LogP contribution in [0.3, 0.4) is 0 Å². The monoisotopic (exact) mass is 491 g/mol. The zero-order chi connectivity index (χ0) is 25.6. The second kappa shape index (κ2) is 8.92. The van der Waals surface area contributed by atoms with Gasteiger partial charge < -0.3 is 20.3 Å². The third-order valence-electron chi connectivity index (χ3n) is 7.41. The van der Waals surface area contributed by atoms with Crippen LogP contribution in [0, 0.1) is 6.92 Å². The number of amides is 5. The molecule has 0 unspecified atom stereocenters. The molecule has 2 saturated heterocycles.